The zero-order valence-electron chi connectivity index (χ0n) is 15.5. The van der Waals surface area contributed by atoms with Crippen LogP contribution in [0.1, 0.15) is 44.8 Å². The van der Waals surface area contributed by atoms with Gasteiger partial charge in [-0.1, -0.05) is 17.7 Å². The van der Waals surface area contributed by atoms with Crippen LogP contribution in [0.3, 0.4) is 0 Å². The molecule has 0 radical (unpaired) electrons. The van der Waals surface area contributed by atoms with Gasteiger partial charge in [-0.05, 0) is 31.5 Å². The normalized spacial score (nSPS) is 10.6. The number of Topliss-reactive ketones (excluding diaryl/α,β-unsaturated/α-hetero) is 1. The van der Waals surface area contributed by atoms with E-state index >= 15 is 0 Å². The molecule has 0 aliphatic heterocycles. The van der Waals surface area contributed by atoms with Gasteiger partial charge in [-0.2, -0.15) is 0 Å². The molecule has 0 bridgehead atoms. The molecule has 8 heteroatoms. The van der Waals surface area contributed by atoms with Gasteiger partial charge >= 0.3 is 0 Å². The molecular weight excluding hydrogens is 376 g/mol. The van der Waals surface area contributed by atoms with Crippen LogP contribution >= 0.6 is 11.3 Å². The van der Waals surface area contributed by atoms with Crippen molar-refractivity contribution in [1.82, 2.24) is 9.97 Å². The summed E-state index contributed by atoms with van der Waals surface area (Å²) in [4.78, 5) is 42.8. The lowest BCUT2D eigenvalue weighted by Gasteiger charge is -2.06. The van der Waals surface area contributed by atoms with Gasteiger partial charge in [0.1, 0.15) is 5.69 Å². The van der Waals surface area contributed by atoms with Crippen LogP contribution in [0.25, 0.3) is 11.3 Å². The van der Waals surface area contributed by atoms with Crippen molar-refractivity contribution in [3.63, 3.8) is 0 Å². The maximum Gasteiger partial charge on any atom is 0.265 e. The average Bonchev–Trinajstić information content (AvgIpc) is 3.31. The molecule has 3 rings (SSSR count). The van der Waals surface area contributed by atoms with Crippen molar-refractivity contribution in [2.45, 2.75) is 26.7 Å². The first-order chi connectivity index (χ1) is 13.3. The van der Waals surface area contributed by atoms with Gasteiger partial charge in [0.05, 0.1) is 5.69 Å². The standard InChI is InChI=1S/C20H20N4O3S/c1-11-3-4-12(2)14(7-11)17(25)5-6-18(26)24-20-23-16(10-28-20)13-8-15(19(21)27)22-9-13/h3-4,7-10,22H,5-6H2,1-2H3,(H2,21,27)(H,23,24,26). The Balaban J connectivity index is 1.58. The van der Waals surface area contributed by atoms with E-state index in [9.17, 15) is 14.4 Å². The molecule has 4 N–H and O–H groups in total. The Hall–Kier alpha value is -3.26. The topological polar surface area (TPSA) is 118 Å². The molecule has 0 saturated heterocycles. The molecule has 1 aromatic carbocycles. The fraction of sp³-hybridized carbons (Fsp3) is 0.200. The minimum atomic E-state index is -0.552. The highest BCUT2D eigenvalue weighted by atomic mass is 32.1. The van der Waals surface area contributed by atoms with Gasteiger partial charge in [0.15, 0.2) is 10.9 Å². The summed E-state index contributed by atoms with van der Waals surface area (Å²) in [5, 5.41) is 4.91. The lowest BCUT2D eigenvalue weighted by atomic mass is 9.99. The number of nitrogens with two attached hydrogens (primary N) is 1. The summed E-state index contributed by atoms with van der Waals surface area (Å²) >= 11 is 1.27. The van der Waals surface area contributed by atoms with Crippen LogP contribution in [0, 0.1) is 13.8 Å². The summed E-state index contributed by atoms with van der Waals surface area (Å²) in [6.45, 7) is 3.81. The van der Waals surface area contributed by atoms with Gasteiger partial charge in [0, 0.05) is 35.5 Å². The number of rotatable bonds is 7. The molecule has 2 amide bonds. The molecule has 144 valence electrons. The number of thiazole rings is 1. The summed E-state index contributed by atoms with van der Waals surface area (Å²) in [6, 6.07) is 7.31. The van der Waals surface area contributed by atoms with E-state index in [4.69, 9.17) is 5.73 Å². The highest BCUT2D eigenvalue weighted by Gasteiger charge is 2.14. The lowest BCUT2D eigenvalue weighted by Crippen LogP contribution is -2.13. The Labute approximate surface area is 166 Å². The highest BCUT2D eigenvalue weighted by molar-refractivity contribution is 7.14. The quantitative estimate of drug-likeness (QED) is 0.530. The Morgan fingerprint density at radius 1 is 1.18 bits per heavy atom. The van der Waals surface area contributed by atoms with Crippen LogP contribution in [0.5, 0.6) is 0 Å². The monoisotopic (exact) mass is 396 g/mol. The third-order valence-corrected chi connectivity index (χ3v) is 5.03. The molecule has 0 aliphatic rings. The molecule has 3 aromatic rings. The SMILES string of the molecule is Cc1ccc(C)c(C(=O)CCC(=O)Nc2nc(-c3c[nH]c(C(N)=O)c3)cs2)c1. The number of ketones is 1. The zero-order valence-corrected chi connectivity index (χ0v) is 16.4. The second-order valence-corrected chi connectivity index (χ2v) is 7.35. The van der Waals surface area contributed by atoms with E-state index in [1.165, 1.54) is 11.3 Å². The number of nitrogens with one attached hydrogen (secondary N) is 2. The van der Waals surface area contributed by atoms with Crippen molar-refractivity contribution in [2.75, 3.05) is 5.32 Å². The smallest absolute Gasteiger partial charge is 0.265 e. The van der Waals surface area contributed by atoms with E-state index in [1.807, 2.05) is 32.0 Å². The van der Waals surface area contributed by atoms with Crippen LogP contribution < -0.4 is 11.1 Å². The summed E-state index contributed by atoms with van der Waals surface area (Å²) in [5.41, 5.74) is 9.41. The van der Waals surface area contributed by atoms with Crippen LogP contribution in [-0.2, 0) is 4.79 Å². The molecule has 0 spiro atoms. The molecule has 0 saturated carbocycles. The minimum absolute atomic E-state index is 0.0533. The number of hydrogen-bond donors (Lipinski definition) is 3. The first kappa shape index (κ1) is 19.5. The van der Waals surface area contributed by atoms with E-state index in [0.29, 0.717) is 27.6 Å². The fourth-order valence-electron chi connectivity index (χ4n) is 2.73. The number of aromatic amines is 1. The number of hydrogen-bond acceptors (Lipinski definition) is 5. The third-order valence-electron chi connectivity index (χ3n) is 4.27. The fourth-order valence-corrected chi connectivity index (χ4v) is 3.46. The number of aryl methyl sites for hydroxylation is 2. The van der Waals surface area contributed by atoms with Crippen molar-refractivity contribution in [3.8, 4) is 11.3 Å². The van der Waals surface area contributed by atoms with Gasteiger partial charge in [-0.15, -0.1) is 11.3 Å². The van der Waals surface area contributed by atoms with Crippen molar-refractivity contribution in [1.29, 1.82) is 0 Å². The van der Waals surface area contributed by atoms with Crippen LogP contribution in [-0.4, -0.2) is 27.6 Å². The van der Waals surface area contributed by atoms with Crippen LogP contribution in [0.15, 0.2) is 35.8 Å². The average molecular weight is 396 g/mol. The molecule has 0 fully saturated rings. The third kappa shape index (κ3) is 4.52. The van der Waals surface area contributed by atoms with E-state index in [1.54, 1.807) is 17.6 Å². The number of carbonyl (C=O) groups is 3. The van der Waals surface area contributed by atoms with E-state index in [0.717, 1.165) is 11.1 Å². The number of amides is 2. The summed E-state index contributed by atoms with van der Waals surface area (Å²) in [6.07, 6.45) is 1.84. The number of anilines is 1. The number of aromatic nitrogens is 2. The number of carbonyl (C=O) groups excluding carboxylic acids is 3. The lowest BCUT2D eigenvalue weighted by molar-refractivity contribution is -0.116. The Morgan fingerprint density at radius 3 is 2.68 bits per heavy atom. The van der Waals surface area contributed by atoms with Crippen molar-refractivity contribution < 1.29 is 14.4 Å². The Morgan fingerprint density at radius 2 is 1.96 bits per heavy atom. The minimum Gasteiger partial charge on any atom is -0.364 e. The Kier molecular flexibility index (Phi) is 5.70. The molecule has 7 nitrogen and oxygen atoms in total. The van der Waals surface area contributed by atoms with Crippen molar-refractivity contribution in [3.05, 3.63) is 58.2 Å². The molecular formula is C20H20N4O3S. The highest BCUT2D eigenvalue weighted by Crippen LogP contribution is 2.25. The largest absolute Gasteiger partial charge is 0.364 e. The maximum atomic E-state index is 12.4. The summed E-state index contributed by atoms with van der Waals surface area (Å²) < 4.78 is 0. The van der Waals surface area contributed by atoms with Gasteiger partial charge < -0.3 is 16.0 Å². The predicted molar refractivity (Wildman–Crippen MR) is 109 cm³/mol. The molecule has 0 aliphatic carbocycles. The number of nitrogens with zero attached hydrogens (tertiary/aromatic N) is 1. The molecule has 28 heavy (non-hydrogen) atoms. The zero-order chi connectivity index (χ0) is 20.3. The molecule has 0 atom stereocenters. The number of benzene rings is 1. The van der Waals surface area contributed by atoms with E-state index in [2.05, 4.69) is 15.3 Å². The molecule has 0 unspecified atom stereocenters. The maximum absolute atomic E-state index is 12.4. The number of primary amides is 1. The van der Waals surface area contributed by atoms with Gasteiger partial charge in [0.2, 0.25) is 5.91 Å². The van der Waals surface area contributed by atoms with E-state index in [-0.39, 0.29) is 24.5 Å². The molecule has 2 heterocycles. The van der Waals surface area contributed by atoms with Gasteiger partial charge in [-0.3, -0.25) is 14.4 Å². The number of H-pyrrole nitrogens is 1. The van der Waals surface area contributed by atoms with Crippen molar-refractivity contribution in [2.24, 2.45) is 5.73 Å². The van der Waals surface area contributed by atoms with E-state index < -0.39 is 5.91 Å². The van der Waals surface area contributed by atoms with Crippen LogP contribution in [0.2, 0.25) is 0 Å². The van der Waals surface area contributed by atoms with Gasteiger partial charge in [0.25, 0.3) is 5.91 Å². The second-order valence-electron chi connectivity index (χ2n) is 6.49. The molecule has 2 aromatic heterocycles. The van der Waals surface area contributed by atoms with Gasteiger partial charge in [-0.25, -0.2) is 4.98 Å². The summed E-state index contributed by atoms with van der Waals surface area (Å²) in [5.74, 6) is -0.877. The predicted octanol–water partition coefficient (Wildman–Crippen LogP) is 3.46. The van der Waals surface area contributed by atoms with Crippen LogP contribution in [0.4, 0.5) is 5.13 Å². The first-order valence-electron chi connectivity index (χ1n) is 8.68. The van der Waals surface area contributed by atoms with Crippen molar-refractivity contribution >= 4 is 34.1 Å². The first-order valence-corrected chi connectivity index (χ1v) is 9.56. The summed E-state index contributed by atoms with van der Waals surface area (Å²) in [7, 11) is 0. The second kappa shape index (κ2) is 8.18. The Bertz CT molecular complexity index is 1050.